The Balaban J connectivity index is 2.21. The first kappa shape index (κ1) is 13.9. The molecule has 2 rings (SSSR count). The van der Waals surface area contributed by atoms with Crippen molar-refractivity contribution in [2.75, 3.05) is 5.32 Å². The molecule has 1 N–H and O–H groups in total. The van der Waals surface area contributed by atoms with Crippen LogP contribution >= 0.6 is 15.9 Å². The standard InChI is InChI=1S/C14H11BrF3N/c1-8(9-3-2-4-10(15)5-9)19-11-6-12(16)14(18)13(17)7-11/h2-8,19H,1H3. The van der Waals surface area contributed by atoms with Crippen LogP contribution in [0.15, 0.2) is 40.9 Å². The molecule has 0 radical (unpaired) electrons. The van der Waals surface area contributed by atoms with E-state index in [1.165, 1.54) is 0 Å². The second-order valence-electron chi connectivity index (χ2n) is 4.17. The largest absolute Gasteiger partial charge is 0.378 e. The Morgan fingerprint density at radius 3 is 2.26 bits per heavy atom. The normalized spacial score (nSPS) is 12.3. The first-order valence-corrected chi connectivity index (χ1v) is 6.43. The molecule has 2 aromatic carbocycles. The van der Waals surface area contributed by atoms with E-state index in [1.54, 1.807) is 0 Å². The Hall–Kier alpha value is -1.49. The van der Waals surface area contributed by atoms with Crippen molar-refractivity contribution < 1.29 is 13.2 Å². The second-order valence-corrected chi connectivity index (χ2v) is 5.09. The molecule has 0 bridgehead atoms. The van der Waals surface area contributed by atoms with Crippen LogP contribution in [0.2, 0.25) is 0 Å². The highest BCUT2D eigenvalue weighted by atomic mass is 79.9. The maximum atomic E-state index is 13.1. The van der Waals surface area contributed by atoms with Gasteiger partial charge < -0.3 is 5.32 Å². The van der Waals surface area contributed by atoms with Gasteiger partial charge in [0.15, 0.2) is 17.5 Å². The average Bonchev–Trinajstić information content (AvgIpc) is 2.36. The van der Waals surface area contributed by atoms with Crippen LogP contribution in [0.3, 0.4) is 0 Å². The van der Waals surface area contributed by atoms with Gasteiger partial charge in [0.2, 0.25) is 0 Å². The summed E-state index contributed by atoms with van der Waals surface area (Å²) in [6.07, 6.45) is 0. The molecule has 2 aromatic rings. The number of hydrogen-bond acceptors (Lipinski definition) is 1. The van der Waals surface area contributed by atoms with Crippen LogP contribution in [0.1, 0.15) is 18.5 Å². The number of anilines is 1. The molecule has 0 aliphatic heterocycles. The van der Waals surface area contributed by atoms with Crippen LogP contribution in [-0.2, 0) is 0 Å². The van der Waals surface area contributed by atoms with Gasteiger partial charge in [0.25, 0.3) is 0 Å². The lowest BCUT2D eigenvalue weighted by Crippen LogP contribution is -2.07. The summed E-state index contributed by atoms with van der Waals surface area (Å²) < 4.78 is 39.9. The molecule has 0 saturated carbocycles. The fourth-order valence-electron chi connectivity index (χ4n) is 1.75. The average molecular weight is 330 g/mol. The third-order valence-electron chi connectivity index (χ3n) is 2.72. The summed E-state index contributed by atoms with van der Waals surface area (Å²) in [6.45, 7) is 1.85. The van der Waals surface area contributed by atoms with Crippen molar-refractivity contribution in [1.82, 2.24) is 0 Å². The molecule has 100 valence electrons. The molecule has 19 heavy (non-hydrogen) atoms. The first-order valence-electron chi connectivity index (χ1n) is 5.64. The van der Waals surface area contributed by atoms with E-state index in [1.807, 2.05) is 31.2 Å². The number of rotatable bonds is 3. The van der Waals surface area contributed by atoms with Crippen LogP contribution in [0, 0.1) is 17.5 Å². The monoisotopic (exact) mass is 329 g/mol. The highest BCUT2D eigenvalue weighted by molar-refractivity contribution is 9.10. The molecule has 0 aliphatic carbocycles. The van der Waals surface area contributed by atoms with Gasteiger partial charge in [-0.25, -0.2) is 13.2 Å². The first-order chi connectivity index (χ1) is 8.97. The SMILES string of the molecule is CC(Nc1cc(F)c(F)c(F)c1)c1cccc(Br)c1. The van der Waals surface area contributed by atoms with Gasteiger partial charge in [-0.15, -0.1) is 0 Å². The minimum Gasteiger partial charge on any atom is -0.378 e. The quantitative estimate of drug-likeness (QED) is 0.778. The van der Waals surface area contributed by atoms with Crippen molar-refractivity contribution in [2.45, 2.75) is 13.0 Å². The number of nitrogens with one attached hydrogen (secondary N) is 1. The topological polar surface area (TPSA) is 12.0 Å². The lowest BCUT2D eigenvalue weighted by molar-refractivity contribution is 0.447. The third-order valence-corrected chi connectivity index (χ3v) is 3.21. The molecular weight excluding hydrogens is 319 g/mol. The van der Waals surface area contributed by atoms with E-state index in [0.717, 1.165) is 22.2 Å². The van der Waals surface area contributed by atoms with Gasteiger partial charge in [-0.05, 0) is 24.6 Å². The Bertz CT molecular complexity index is 578. The molecule has 0 fully saturated rings. The van der Waals surface area contributed by atoms with Crippen molar-refractivity contribution in [2.24, 2.45) is 0 Å². The summed E-state index contributed by atoms with van der Waals surface area (Å²) >= 11 is 3.35. The molecule has 1 atom stereocenters. The fourth-order valence-corrected chi connectivity index (χ4v) is 2.17. The predicted molar refractivity (Wildman–Crippen MR) is 72.5 cm³/mol. The third kappa shape index (κ3) is 3.29. The minimum absolute atomic E-state index is 0.165. The molecule has 0 saturated heterocycles. The zero-order chi connectivity index (χ0) is 14.0. The lowest BCUT2D eigenvalue weighted by Gasteiger charge is -2.16. The smallest absolute Gasteiger partial charge is 0.194 e. The van der Waals surface area contributed by atoms with Gasteiger partial charge >= 0.3 is 0 Å². The number of benzene rings is 2. The van der Waals surface area contributed by atoms with E-state index in [2.05, 4.69) is 21.2 Å². The van der Waals surface area contributed by atoms with E-state index in [0.29, 0.717) is 0 Å². The molecule has 0 aliphatic rings. The Morgan fingerprint density at radius 2 is 1.68 bits per heavy atom. The molecule has 0 aromatic heterocycles. The molecule has 0 heterocycles. The predicted octanol–water partition coefficient (Wildman–Crippen LogP) is 5.04. The van der Waals surface area contributed by atoms with Gasteiger partial charge in [0.1, 0.15) is 0 Å². The van der Waals surface area contributed by atoms with E-state index < -0.39 is 17.5 Å². The van der Waals surface area contributed by atoms with Crippen LogP contribution in [0.25, 0.3) is 0 Å². The van der Waals surface area contributed by atoms with Crippen LogP contribution < -0.4 is 5.32 Å². The summed E-state index contributed by atoms with van der Waals surface area (Å²) in [5, 5.41) is 2.93. The van der Waals surface area contributed by atoms with Crippen molar-refractivity contribution in [3.8, 4) is 0 Å². The molecule has 5 heteroatoms. The second kappa shape index (κ2) is 5.65. The molecule has 0 amide bonds. The van der Waals surface area contributed by atoms with Gasteiger partial charge in [-0.1, -0.05) is 28.1 Å². The van der Waals surface area contributed by atoms with E-state index >= 15 is 0 Å². The van der Waals surface area contributed by atoms with Crippen molar-refractivity contribution in [3.05, 3.63) is 63.9 Å². The lowest BCUT2D eigenvalue weighted by atomic mass is 10.1. The van der Waals surface area contributed by atoms with Crippen molar-refractivity contribution in [3.63, 3.8) is 0 Å². The summed E-state index contributed by atoms with van der Waals surface area (Å²) in [4.78, 5) is 0. The van der Waals surface area contributed by atoms with E-state index in [4.69, 9.17) is 0 Å². The van der Waals surface area contributed by atoms with E-state index in [-0.39, 0.29) is 11.7 Å². The van der Waals surface area contributed by atoms with Crippen molar-refractivity contribution >= 4 is 21.6 Å². The molecular formula is C14H11BrF3N. The zero-order valence-electron chi connectivity index (χ0n) is 10.1. The van der Waals surface area contributed by atoms with Crippen molar-refractivity contribution in [1.29, 1.82) is 0 Å². The van der Waals surface area contributed by atoms with Crippen LogP contribution in [0.4, 0.5) is 18.9 Å². The van der Waals surface area contributed by atoms with Gasteiger partial charge in [-0.3, -0.25) is 0 Å². The Kier molecular flexibility index (Phi) is 4.14. The van der Waals surface area contributed by atoms with E-state index in [9.17, 15) is 13.2 Å². The van der Waals surface area contributed by atoms with Gasteiger partial charge in [0.05, 0.1) is 0 Å². The van der Waals surface area contributed by atoms with Gasteiger partial charge in [0, 0.05) is 28.3 Å². The Labute approximate surface area is 117 Å². The molecule has 0 spiro atoms. The maximum Gasteiger partial charge on any atom is 0.194 e. The maximum absolute atomic E-state index is 13.1. The van der Waals surface area contributed by atoms with Crippen LogP contribution in [0.5, 0.6) is 0 Å². The highest BCUT2D eigenvalue weighted by Gasteiger charge is 2.12. The fraction of sp³-hybridized carbons (Fsp3) is 0.143. The molecule has 1 unspecified atom stereocenters. The molecule has 1 nitrogen and oxygen atoms in total. The summed E-state index contributed by atoms with van der Waals surface area (Å²) in [6, 6.07) is 9.24. The highest BCUT2D eigenvalue weighted by Crippen LogP contribution is 2.24. The summed E-state index contributed by atoms with van der Waals surface area (Å²) in [5.74, 6) is -3.87. The Morgan fingerprint density at radius 1 is 1.05 bits per heavy atom. The zero-order valence-corrected chi connectivity index (χ0v) is 11.6. The number of hydrogen-bond donors (Lipinski definition) is 1. The summed E-state index contributed by atoms with van der Waals surface area (Å²) in [7, 11) is 0. The van der Waals surface area contributed by atoms with Crippen LogP contribution in [-0.4, -0.2) is 0 Å². The number of halogens is 4. The minimum atomic E-state index is -1.46. The summed E-state index contributed by atoms with van der Waals surface area (Å²) in [5.41, 5.74) is 1.14. The van der Waals surface area contributed by atoms with Gasteiger partial charge in [-0.2, -0.15) is 0 Å².